The molecule has 3 rings (SSSR count). The molecule has 2 aromatic heterocycles. The van der Waals surface area contributed by atoms with Gasteiger partial charge in [0.1, 0.15) is 0 Å². The van der Waals surface area contributed by atoms with Crippen molar-refractivity contribution in [3.8, 4) is 51.7 Å². The molecule has 0 amide bonds. The van der Waals surface area contributed by atoms with E-state index in [-0.39, 0.29) is 34.7 Å². The molecule has 2 heterocycles. The fourth-order valence-corrected chi connectivity index (χ4v) is 2.46. The molecule has 28 heavy (non-hydrogen) atoms. The summed E-state index contributed by atoms with van der Waals surface area (Å²) in [4.78, 5) is 18.4. The molecule has 0 aliphatic rings. The zero-order valence-electron chi connectivity index (χ0n) is 14.9. The zero-order chi connectivity index (χ0) is 20.4. The van der Waals surface area contributed by atoms with Crippen molar-refractivity contribution >= 4 is 5.69 Å². The summed E-state index contributed by atoms with van der Waals surface area (Å²) in [5, 5.41) is 34.1. The van der Waals surface area contributed by atoms with Gasteiger partial charge in [0.15, 0.2) is 11.5 Å². The van der Waals surface area contributed by atoms with E-state index < -0.39 is 22.1 Å². The monoisotopic (exact) mass is 390 g/mol. The molecule has 0 saturated carbocycles. The van der Waals surface area contributed by atoms with Crippen molar-refractivity contribution < 1.29 is 33.9 Å². The fourth-order valence-electron chi connectivity index (χ4n) is 2.46. The quantitative estimate of drug-likeness (QED) is 0.360. The van der Waals surface area contributed by atoms with E-state index in [0.29, 0.717) is 5.56 Å². The summed E-state index contributed by atoms with van der Waals surface area (Å²) in [6.07, 6.45) is 1.38. The van der Waals surface area contributed by atoms with E-state index in [4.69, 9.17) is 18.7 Å². The maximum atomic E-state index is 11.0. The van der Waals surface area contributed by atoms with Gasteiger partial charge in [0.2, 0.25) is 17.3 Å². The van der Waals surface area contributed by atoms with E-state index in [1.54, 1.807) is 0 Å². The average Bonchev–Trinajstić information content (AvgIpc) is 3.18. The third-order valence-corrected chi connectivity index (χ3v) is 3.74. The van der Waals surface area contributed by atoms with Crippen LogP contribution in [0.15, 0.2) is 22.9 Å². The maximum Gasteiger partial charge on any atom is 0.315 e. The lowest BCUT2D eigenvalue weighted by molar-refractivity contribution is -0.385. The van der Waals surface area contributed by atoms with Gasteiger partial charge in [-0.25, -0.2) is 4.98 Å². The standard InChI is InChI=1S/C16H14N4O8/c1-25-12-8(6-17-16(27-3)13(12)26-2)14-18-15(28-19-14)7-4-9(20(23)24)11(22)10(21)5-7/h4-6,21-22H,1-3H3. The first-order valence-corrected chi connectivity index (χ1v) is 7.61. The SMILES string of the molecule is COc1ncc(-c2noc(-c3cc(O)c(O)c([N+](=O)[O-])c3)n2)c(OC)c1OC. The number of nitro benzene ring substituents is 1. The second kappa shape index (κ2) is 7.26. The van der Waals surface area contributed by atoms with Crippen LogP contribution in [0.5, 0.6) is 28.9 Å². The van der Waals surface area contributed by atoms with E-state index in [9.17, 15) is 20.3 Å². The number of hydrogen-bond donors (Lipinski definition) is 2. The van der Waals surface area contributed by atoms with Crippen LogP contribution in [0.2, 0.25) is 0 Å². The first-order chi connectivity index (χ1) is 13.4. The first kappa shape index (κ1) is 18.7. The number of aromatic nitrogens is 3. The lowest BCUT2D eigenvalue weighted by atomic mass is 10.1. The van der Waals surface area contributed by atoms with Gasteiger partial charge >= 0.3 is 5.69 Å². The number of aromatic hydroxyl groups is 2. The minimum absolute atomic E-state index is 0.0353. The molecule has 0 saturated heterocycles. The van der Waals surface area contributed by atoms with Crippen LogP contribution in [0.4, 0.5) is 5.69 Å². The van der Waals surface area contributed by atoms with Crippen molar-refractivity contribution in [2.24, 2.45) is 0 Å². The molecule has 0 radical (unpaired) electrons. The van der Waals surface area contributed by atoms with Crippen molar-refractivity contribution in [3.05, 3.63) is 28.4 Å². The third kappa shape index (κ3) is 3.06. The lowest BCUT2D eigenvalue weighted by Crippen LogP contribution is -1.99. The number of benzene rings is 1. The highest BCUT2D eigenvalue weighted by Crippen LogP contribution is 2.43. The number of nitrogens with zero attached hydrogens (tertiary/aromatic N) is 4. The minimum atomic E-state index is -0.862. The van der Waals surface area contributed by atoms with E-state index in [1.165, 1.54) is 27.5 Å². The number of rotatable bonds is 6. The van der Waals surface area contributed by atoms with Crippen LogP contribution in [-0.4, -0.2) is 51.6 Å². The number of phenols is 2. The highest BCUT2D eigenvalue weighted by molar-refractivity contribution is 5.72. The van der Waals surface area contributed by atoms with Gasteiger partial charge in [0.05, 0.1) is 37.4 Å². The van der Waals surface area contributed by atoms with Crippen molar-refractivity contribution in [3.63, 3.8) is 0 Å². The van der Waals surface area contributed by atoms with Crippen LogP contribution in [0.3, 0.4) is 0 Å². The van der Waals surface area contributed by atoms with Gasteiger partial charge in [-0.3, -0.25) is 10.1 Å². The van der Waals surface area contributed by atoms with Crippen LogP contribution in [-0.2, 0) is 0 Å². The molecule has 2 N–H and O–H groups in total. The first-order valence-electron chi connectivity index (χ1n) is 7.61. The second-order valence-corrected chi connectivity index (χ2v) is 5.29. The molecule has 0 bridgehead atoms. The molecule has 0 aliphatic heterocycles. The van der Waals surface area contributed by atoms with Crippen molar-refractivity contribution in [1.29, 1.82) is 0 Å². The molecule has 1 aromatic carbocycles. The molecule has 0 aliphatic carbocycles. The summed E-state index contributed by atoms with van der Waals surface area (Å²) in [5.74, 6) is -1.01. The van der Waals surface area contributed by atoms with Gasteiger partial charge in [0.25, 0.3) is 11.8 Å². The smallest absolute Gasteiger partial charge is 0.315 e. The summed E-state index contributed by atoms with van der Waals surface area (Å²) in [5.41, 5.74) is -0.360. The summed E-state index contributed by atoms with van der Waals surface area (Å²) < 4.78 is 20.8. The molecule has 0 unspecified atom stereocenters. The Labute approximate surface area is 157 Å². The lowest BCUT2D eigenvalue weighted by Gasteiger charge is -2.12. The van der Waals surface area contributed by atoms with Crippen LogP contribution in [0.25, 0.3) is 22.8 Å². The Bertz CT molecular complexity index is 1050. The highest BCUT2D eigenvalue weighted by Gasteiger charge is 2.25. The molecule has 0 fully saturated rings. The van der Waals surface area contributed by atoms with Gasteiger partial charge in [0, 0.05) is 12.3 Å². The fraction of sp³-hybridized carbons (Fsp3) is 0.188. The summed E-state index contributed by atoms with van der Waals surface area (Å²) in [6, 6.07) is 2.06. The molecule has 3 aromatic rings. The Morgan fingerprint density at radius 2 is 1.82 bits per heavy atom. The number of nitro groups is 1. The predicted octanol–water partition coefficient (Wildman–Crippen LogP) is 2.14. The third-order valence-electron chi connectivity index (χ3n) is 3.74. The molecule has 0 atom stereocenters. The van der Waals surface area contributed by atoms with Crippen LogP contribution < -0.4 is 14.2 Å². The Morgan fingerprint density at radius 1 is 1.11 bits per heavy atom. The minimum Gasteiger partial charge on any atom is -0.504 e. The van der Waals surface area contributed by atoms with E-state index >= 15 is 0 Å². The van der Waals surface area contributed by atoms with Crippen LogP contribution in [0, 0.1) is 10.1 Å². The normalized spacial score (nSPS) is 10.5. The Kier molecular flexibility index (Phi) is 4.85. The van der Waals surface area contributed by atoms with E-state index in [1.807, 2.05) is 0 Å². The number of hydrogen-bond acceptors (Lipinski definition) is 11. The second-order valence-electron chi connectivity index (χ2n) is 5.29. The molecular formula is C16H14N4O8. The van der Waals surface area contributed by atoms with E-state index in [0.717, 1.165) is 12.1 Å². The average molecular weight is 390 g/mol. The summed E-state index contributed by atoms with van der Waals surface area (Å²) >= 11 is 0. The predicted molar refractivity (Wildman–Crippen MR) is 92.6 cm³/mol. The van der Waals surface area contributed by atoms with Crippen molar-refractivity contribution in [2.75, 3.05) is 21.3 Å². The van der Waals surface area contributed by atoms with Gasteiger partial charge < -0.3 is 28.9 Å². The molecule has 12 nitrogen and oxygen atoms in total. The van der Waals surface area contributed by atoms with Crippen molar-refractivity contribution in [1.82, 2.24) is 15.1 Å². The van der Waals surface area contributed by atoms with Gasteiger partial charge in [-0.05, 0) is 6.07 Å². The van der Waals surface area contributed by atoms with Gasteiger partial charge in [-0.15, -0.1) is 0 Å². The largest absolute Gasteiger partial charge is 0.504 e. The Hall–Kier alpha value is -4.09. The number of pyridine rings is 1. The Balaban J connectivity index is 2.10. The number of ether oxygens (including phenoxy) is 3. The molecule has 12 heteroatoms. The Morgan fingerprint density at radius 3 is 2.43 bits per heavy atom. The molecule has 0 spiro atoms. The van der Waals surface area contributed by atoms with Gasteiger partial charge in [-0.1, -0.05) is 5.16 Å². The number of phenolic OH excluding ortho intramolecular Hbond substituents is 2. The topological polar surface area (TPSA) is 163 Å². The van der Waals surface area contributed by atoms with Gasteiger partial charge in [-0.2, -0.15) is 4.98 Å². The number of methoxy groups -OCH3 is 3. The van der Waals surface area contributed by atoms with Crippen molar-refractivity contribution in [2.45, 2.75) is 0 Å². The summed E-state index contributed by atoms with van der Waals surface area (Å²) in [6.45, 7) is 0. The van der Waals surface area contributed by atoms with Crippen LogP contribution >= 0.6 is 0 Å². The zero-order valence-corrected chi connectivity index (χ0v) is 14.9. The molecular weight excluding hydrogens is 376 g/mol. The summed E-state index contributed by atoms with van der Waals surface area (Å²) in [7, 11) is 4.23. The maximum absolute atomic E-state index is 11.0. The highest BCUT2D eigenvalue weighted by atomic mass is 16.6. The van der Waals surface area contributed by atoms with Crippen LogP contribution in [0.1, 0.15) is 0 Å². The van der Waals surface area contributed by atoms with E-state index in [2.05, 4.69) is 15.1 Å². The molecule has 146 valence electrons.